The van der Waals surface area contributed by atoms with Crippen LogP contribution in [0.4, 0.5) is 0 Å². The van der Waals surface area contributed by atoms with Gasteiger partial charge in [0.05, 0.1) is 11.7 Å². The highest BCUT2D eigenvalue weighted by Gasteiger charge is 2.53. The van der Waals surface area contributed by atoms with E-state index in [2.05, 4.69) is 39.8 Å². The highest BCUT2D eigenvalue weighted by Crippen LogP contribution is 2.40. The molecular formula is C23H34N4O4S. The summed E-state index contributed by atoms with van der Waals surface area (Å²) in [5.74, 6) is 0.245. The van der Waals surface area contributed by atoms with Gasteiger partial charge in [0.15, 0.2) is 0 Å². The molecule has 3 saturated heterocycles. The molecule has 1 aromatic rings. The van der Waals surface area contributed by atoms with Crippen LogP contribution in [0.15, 0.2) is 30.3 Å². The Kier molecular flexibility index (Phi) is 6.88. The largest absolute Gasteiger partial charge is 0.354 e. The first-order valence-electron chi connectivity index (χ1n) is 11.6. The van der Waals surface area contributed by atoms with Gasteiger partial charge in [0.2, 0.25) is 21.8 Å². The summed E-state index contributed by atoms with van der Waals surface area (Å²) in [4.78, 5) is 27.7. The van der Waals surface area contributed by atoms with Crippen molar-refractivity contribution in [2.45, 2.75) is 44.7 Å². The maximum absolute atomic E-state index is 12.6. The molecule has 0 bridgehead atoms. The smallest absolute Gasteiger partial charge is 0.242 e. The summed E-state index contributed by atoms with van der Waals surface area (Å²) in [5.41, 5.74) is 0.577. The Bertz CT molecular complexity index is 931. The topological polar surface area (TPSA) is 98.8 Å². The first-order valence-corrected chi connectivity index (χ1v) is 13.4. The fraction of sp³-hybridized carbons (Fsp3) is 0.652. The van der Waals surface area contributed by atoms with Crippen molar-refractivity contribution in [2.75, 3.05) is 39.0 Å². The number of carbonyl (C=O) groups excluding carboxylic acids is 2. The highest BCUT2D eigenvalue weighted by atomic mass is 32.2. The zero-order valence-corrected chi connectivity index (χ0v) is 19.6. The molecule has 0 aromatic heterocycles. The van der Waals surface area contributed by atoms with Crippen molar-refractivity contribution in [1.82, 2.24) is 19.8 Å². The maximum atomic E-state index is 12.6. The van der Waals surface area contributed by atoms with Crippen molar-refractivity contribution in [3.05, 3.63) is 35.9 Å². The predicted molar refractivity (Wildman–Crippen MR) is 122 cm³/mol. The molecule has 3 aliphatic heterocycles. The molecule has 9 heteroatoms. The van der Waals surface area contributed by atoms with Gasteiger partial charge in [-0.1, -0.05) is 30.3 Å². The number of hydrogen-bond donors (Lipinski definition) is 2. The second-order valence-corrected chi connectivity index (χ2v) is 11.6. The standard InChI is InChI=1S/C23H34N4O4S/c1-32(30,31)27-14-10-23(17-27)15-20(25-22(23)29)21(28)24-11-7-18-8-12-26(13-9-18)16-19-5-3-2-4-6-19/h2-6,18,20H,7-17H2,1H3,(H,24,28)(H,25,29)/t20-,23+/m0/s1. The molecule has 0 saturated carbocycles. The lowest BCUT2D eigenvalue weighted by atomic mass is 9.84. The van der Waals surface area contributed by atoms with Gasteiger partial charge in [0.1, 0.15) is 6.04 Å². The average Bonchev–Trinajstić information content (AvgIpc) is 3.34. The minimum atomic E-state index is -3.33. The van der Waals surface area contributed by atoms with E-state index < -0.39 is 21.5 Å². The molecule has 3 fully saturated rings. The molecule has 3 aliphatic rings. The van der Waals surface area contributed by atoms with Crippen LogP contribution in [-0.2, 0) is 26.2 Å². The Labute approximate surface area is 190 Å². The van der Waals surface area contributed by atoms with Crippen molar-refractivity contribution >= 4 is 21.8 Å². The summed E-state index contributed by atoms with van der Waals surface area (Å²) in [6.07, 6.45) is 5.20. The number of nitrogens with one attached hydrogen (secondary N) is 2. The summed E-state index contributed by atoms with van der Waals surface area (Å²) in [7, 11) is -3.33. The number of likely N-dealkylation sites (tertiary alicyclic amines) is 1. The molecule has 2 amide bonds. The van der Waals surface area contributed by atoms with Crippen LogP contribution in [0.1, 0.15) is 37.7 Å². The molecule has 2 N–H and O–H groups in total. The van der Waals surface area contributed by atoms with Gasteiger partial charge in [-0.25, -0.2) is 12.7 Å². The van der Waals surface area contributed by atoms with E-state index in [-0.39, 0.29) is 18.4 Å². The Balaban J connectivity index is 1.17. The number of nitrogens with zero attached hydrogens (tertiary/aromatic N) is 2. The Morgan fingerprint density at radius 3 is 2.56 bits per heavy atom. The van der Waals surface area contributed by atoms with E-state index in [4.69, 9.17) is 0 Å². The predicted octanol–water partition coefficient (Wildman–Crippen LogP) is 0.945. The van der Waals surface area contributed by atoms with Gasteiger partial charge < -0.3 is 10.6 Å². The van der Waals surface area contributed by atoms with Gasteiger partial charge in [-0.3, -0.25) is 14.5 Å². The van der Waals surface area contributed by atoms with Crippen LogP contribution in [0.5, 0.6) is 0 Å². The number of hydrogen-bond acceptors (Lipinski definition) is 5. The van der Waals surface area contributed by atoms with Gasteiger partial charge in [-0.05, 0) is 56.7 Å². The lowest BCUT2D eigenvalue weighted by Gasteiger charge is -2.32. The Hall–Kier alpha value is -1.97. The third-order valence-electron chi connectivity index (χ3n) is 7.29. The maximum Gasteiger partial charge on any atom is 0.242 e. The molecule has 3 heterocycles. The van der Waals surface area contributed by atoms with E-state index in [0.29, 0.717) is 31.8 Å². The van der Waals surface area contributed by atoms with E-state index in [9.17, 15) is 18.0 Å². The van der Waals surface area contributed by atoms with Gasteiger partial charge >= 0.3 is 0 Å². The molecule has 4 rings (SSSR count). The monoisotopic (exact) mass is 462 g/mol. The second-order valence-electron chi connectivity index (χ2n) is 9.64. The number of piperidine rings is 1. The summed E-state index contributed by atoms with van der Waals surface area (Å²) in [6.45, 7) is 4.25. The fourth-order valence-electron chi connectivity index (χ4n) is 5.27. The lowest BCUT2D eigenvalue weighted by molar-refractivity contribution is -0.128. The van der Waals surface area contributed by atoms with Crippen LogP contribution < -0.4 is 10.6 Å². The number of benzene rings is 1. The summed E-state index contributed by atoms with van der Waals surface area (Å²) < 4.78 is 25.0. The van der Waals surface area contributed by atoms with Crippen LogP contribution in [0.25, 0.3) is 0 Å². The van der Waals surface area contributed by atoms with Gasteiger partial charge in [0, 0.05) is 26.2 Å². The number of sulfonamides is 1. The van der Waals surface area contributed by atoms with Crippen molar-refractivity contribution in [1.29, 1.82) is 0 Å². The minimum absolute atomic E-state index is 0.158. The van der Waals surface area contributed by atoms with E-state index in [1.165, 1.54) is 9.87 Å². The molecule has 2 atom stereocenters. The summed E-state index contributed by atoms with van der Waals surface area (Å²) in [5, 5.41) is 5.79. The lowest BCUT2D eigenvalue weighted by Crippen LogP contribution is -2.42. The summed E-state index contributed by atoms with van der Waals surface area (Å²) in [6, 6.07) is 9.95. The molecule has 0 unspecified atom stereocenters. The molecule has 0 radical (unpaired) electrons. The third kappa shape index (κ3) is 5.32. The normalized spacial score (nSPS) is 27.7. The second kappa shape index (κ2) is 9.49. The quantitative estimate of drug-likeness (QED) is 0.629. The van der Waals surface area contributed by atoms with Crippen molar-refractivity contribution in [3.63, 3.8) is 0 Å². The minimum Gasteiger partial charge on any atom is -0.354 e. The molecule has 1 spiro atoms. The molecular weight excluding hydrogens is 428 g/mol. The highest BCUT2D eigenvalue weighted by molar-refractivity contribution is 7.88. The number of carbonyl (C=O) groups is 2. The van der Waals surface area contributed by atoms with E-state index in [1.54, 1.807) is 0 Å². The van der Waals surface area contributed by atoms with E-state index in [1.807, 2.05) is 6.07 Å². The molecule has 1 aromatic carbocycles. The van der Waals surface area contributed by atoms with Gasteiger partial charge in [-0.15, -0.1) is 0 Å². The van der Waals surface area contributed by atoms with E-state index in [0.717, 1.165) is 45.2 Å². The SMILES string of the molecule is CS(=O)(=O)N1CC[C@@]2(C[C@@H](C(=O)NCCC3CCN(Cc4ccccc4)CC3)NC2=O)C1. The van der Waals surface area contributed by atoms with Crippen LogP contribution >= 0.6 is 0 Å². The van der Waals surface area contributed by atoms with Crippen LogP contribution in [0, 0.1) is 11.3 Å². The molecule has 176 valence electrons. The van der Waals surface area contributed by atoms with Crippen LogP contribution in [0.2, 0.25) is 0 Å². The summed E-state index contributed by atoms with van der Waals surface area (Å²) >= 11 is 0. The first kappa shape index (κ1) is 23.2. The Morgan fingerprint density at radius 2 is 1.91 bits per heavy atom. The first-order chi connectivity index (χ1) is 15.2. The third-order valence-corrected chi connectivity index (χ3v) is 8.54. The van der Waals surface area contributed by atoms with Crippen molar-refractivity contribution in [3.8, 4) is 0 Å². The number of rotatable bonds is 7. The van der Waals surface area contributed by atoms with Crippen molar-refractivity contribution < 1.29 is 18.0 Å². The number of amides is 2. The van der Waals surface area contributed by atoms with E-state index >= 15 is 0 Å². The average molecular weight is 463 g/mol. The fourth-order valence-corrected chi connectivity index (χ4v) is 6.18. The molecule has 32 heavy (non-hydrogen) atoms. The molecule has 8 nitrogen and oxygen atoms in total. The van der Waals surface area contributed by atoms with Crippen LogP contribution in [-0.4, -0.2) is 74.5 Å². The zero-order valence-electron chi connectivity index (χ0n) is 18.8. The van der Waals surface area contributed by atoms with Gasteiger partial charge in [-0.2, -0.15) is 0 Å². The van der Waals surface area contributed by atoms with Crippen LogP contribution in [0.3, 0.4) is 0 Å². The van der Waals surface area contributed by atoms with Crippen molar-refractivity contribution in [2.24, 2.45) is 11.3 Å². The Morgan fingerprint density at radius 1 is 1.19 bits per heavy atom. The molecule has 0 aliphatic carbocycles. The van der Waals surface area contributed by atoms with Gasteiger partial charge in [0.25, 0.3) is 0 Å². The zero-order chi connectivity index (χ0) is 22.8.